The van der Waals surface area contributed by atoms with Crippen LogP contribution >= 0.6 is 11.3 Å². The number of amides is 1. The van der Waals surface area contributed by atoms with Crippen molar-refractivity contribution in [3.8, 4) is 0 Å². The molecule has 3 nitrogen and oxygen atoms in total. The first-order valence-electron chi connectivity index (χ1n) is 8.95. The van der Waals surface area contributed by atoms with Crippen LogP contribution in [0.15, 0.2) is 41.8 Å². The molecular weight excluding hydrogens is 316 g/mol. The Kier molecular flexibility index (Phi) is 5.69. The molecule has 2 atom stereocenters. The molecule has 3 rings (SSSR count). The monoisotopic (exact) mass is 343 g/mol. The Hall–Kier alpha value is -1.65. The maximum atomic E-state index is 12.3. The highest BCUT2D eigenvalue weighted by Gasteiger charge is 2.29. The Balaban J connectivity index is 1.74. The summed E-state index contributed by atoms with van der Waals surface area (Å²) in [5.41, 5.74) is 2.65. The molecule has 0 bridgehead atoms. The van der Waals surface area contributed by atoms with Gasteiger partial charge in [0.15, 0.2) is 6.04 Å². The SMILES string of the molecule is CCCc1ccc([C@@H]([NH2+][C@H](C)C(=O)NC2CC2)c2cccs2)cc1. The second-order valence-corrected chi connectivity index (χ2v) is 7.73. The van der Waals surface area contributed by atoms with Gasteiger partial charge in [0.2, 0.25) is 0 Å². The van der Waals surface area contributed by atoms with Gasteiger partial charge in [0.05, 0.1) is 4.88 Å². The van der Waals surface area contributed by atoms with Gasteiger partial charge < -0.3 is 10.6 Å². The Morgan fingerprint density at radius 2 is 2.04 bits per heavy atom. The van der Waals surface area contributed by atoms with E-state index in [2.05, 4.69) is 59.3 Å². The number of nitrogens with one attached hydrogen (secondary N) is 1. The molecule has 4 heteroatoms. The van der Waals surface area contributed by atoms with E-state index >= 15 is 0 Å². The first-order valence-corrected chi connectivity index (χ1v) is 9.83. The average molecular weight is 344 g/mol. The van der Waals surface area contributed by atoms with Crippen LogP contribution in [-0.4, -0.2) is 18.0 Å². The van der Waals surface area contributed by atoms with E-state index in [1.165, 1.54) is 16.0 Å². The third-order valence-electron chi connectivity index (χ3n) is 4.55. The van der Waals surface area contributed by atoms with Gasteiger partial charge in [-0.1, -0.05) is 43.7 Å². The van der Waals surface area contributed by atoms with E-state index in [1.807, 2.05) is 6.92 Å². The molecule has 1 aromatic heterocycles. The molecule has 2 aromatic rings. The van der Waals surface area contributed by atoms with Gasteiger partial charge in [-0.05, 0) is 43.2 Å². The number of hydrogen-bond acceptors (Lipinski definition) is 2. The second-order valence-electron chi connectivity index (χ2n) is 6.75. The highest BCUT2D eigenvalue weighted by Crippen LogP contribution is 2.24. The van der Waals surface area contributed by atoms with Crippen LogP contribution in [0.4, 0.5) is 0 Å². The van der Waals surface area contributed by atoms with Crippen molar-refractivity contribution >= 4 is 17.2 Å². The predicted octanol–water partition coefficient (Wildman–Crippen LogP) is 3.02. The Labute approximate surface area is 148 Å². The average Bonchev–Trinajstić information content (AvgIpc) is 3.23. The molecule has 1 aromatic carbocycles. The van der Waals surface area contributed by atoms with E-state index in [-0.39, 0.29) is 18.0 Å². The van der Waals surface area contributed by atoms with Crippen LogP contribution in [0, 0.1) is 0 Å². The molecule has 1 fully saturated rings. The quantitative estimate of drug-likeness (QED) is 0.760. The molecule has 3 N–H and O–H groups in total. The number of thiophene rings is 1. The molecule has 0 aliphatic heterocycles. The Bertz CT molecular complexity index is 647. The molecule has 0 saturated heterocycles. The summed E-state index contributed by atoms with van der Waals surface area (Å²) in [5, 5.41) is 7.42. The van der Waals surface area contributed by atoms with E-state index in [4.69, 9.17) is 0 Å². The zero-order valence-electron chi connectivity index (χ0n) is 14.5. The fourth-order valence-electron chi connectivity index (χ4n) is 2.96. The van der Waals surface area contributed by atoms with Crippen LogP contribution < -0.4 is 10.6 Å². The fraction of sp³-hybridized carbons (Fsp3) is 0.450. The normalized spacial score (nSPS) is 16.6. The van der Waals surface area contributed by atoms with Crippen LogP contribution in [0.2, 0.25) is 0 Å². The molecule has 0 radical (unpaired) electrons. The molecule has 1 heterocycles. The number of rotatable bonds is 8. The summed E-state index contributed by atoms with van der Waals surface area (Å²) >= 11 is 1.76. The number of benzene rings is 1. The highest BCUT2D eigenvalue weighted by molar-refractivity contribution is 7.10. The molecule has 128 valence electrons. The van der Waals surface area contributed by atoms with Gasteiger partial charge in [-0.2, -0.15) is 0 Å². The lowest BCUT2D eigenvalue weighted by Gasteiger charge is -2.19. The third kappa shape index (κ3) is 4.46. The number of nitrogens with two attached hydrogens (primary N) is 1. The Morgan fingerprint density at radius 1 is 1.29 bits per heavy atom. The summed E-state index contributed by atoms with van der Waals surface area (Å²) < 4.78 is 0. The Morgan fingerprint density at radius 3 is 2.62 bits per heavy atom. The maximum absolute atomic E-state index is 12.3. The van der Waals surface area contributed by atoms with Crippen molar-refractivity contribution in [3.05, 3.63) is 57.8 Å². The van der Waals surface area contributed by atoms with Crippen molar-refractivity contribution < 1.29 is 10.1 Å². The summed E-state index contributed by atoms with van der Waals surface area (Å²) in [6.07, 6.45) is 4.55. The molecule has 0 spiro atoms. The molecule has 1 amide bonds. The minimum Gasteiger partial charge on any atom is -0.348 e. The van der Waals surface area contributed by atoms with E-state index in [1.54, 1.807) is 11.3 Å². The first-order chi connectivity index (χ1) is 11.7. The first kappa shape index (κ1) is 17.2. The number of carbonyl (C=O) groups excluding carboxylic acids is 1. The molecule has 24 heavy (non-hydrogen) atoms. The second kappa shape index (κ2) is 7.95. The van der Waals surface area contributed by atoms with Gasteiger partial charge in [-0.25, -0.2) is 0 Å². The molecule has 1 aliphatic rings. The number of quaternary nitrogens is 1. The van der Waals surface area contributed by atoms with E-state index in [0.717, 1.165) is 25.7 Å². The lowest BCUT2D eigenvalue weighted by atomic mass is 10.0. The van der Waals surface area contributed by atoms with Gasteiger partial charge >= 0.3 is 0 Å². The lowest BCUT2D eigenvalue weighted by molar-refractivity contribution is -0.704. The van der Waals surface area contributed by atoms with Crippen LogP contribution in [0.3, 0.4) is 0 Å². The van der Waals surface area contributed by atoms with Crippen molar-refractivity contribution in [1.29, 1.82) is 0 Å². The van der Waals surface area contributed by atoms with E-state index in [9.17, 15) is 4.79 Å². The summed E-state index contributed by atoms with van der Waals surface area (Å²) in [6, 6.07) is 13.6. The molecule has 1 aliphatic carbocycles. The standard InChI is InChI=1S/C20H26N2OS/c1-3-5-15-7-9-16(10-8-15)19(18-6-4-13-24-18)21-14(2)20(23)22-17-11-12-17/h4,6-10,13-14,17,19,21H,3,5,11-12H2,1-2H3,(H,22,23)/p+1/t14-,19-/m1/s1. The van der Waals surface area contributed by atoms with Crippen molar-refractivity contribution in [2.24, 2.45) is 0 Å². The van der Waals surface area contributed by atoms with Gasteiger partial charge in [0.1, 0.15) is 6.04 Å². The maximum Gasteiger partial charge on any atom is 0.278 e. The zero-order chi connectivity index (χ0) is 16.9. The summed E-state index contributed by atoms with van der Waals surface area (Å²) in [5.74, 6) is 0.154. The lowest BCUT2D eigenvalue weighted by Crippen LogP contribution is -2.92. The van der Waals surface area contributed by atoms with E-state index < -0.39 is 0 Å². The van der Waals surface area contributed by atoms with Crippen molar-refractivity contribution in [2.75, 3.05) is 0 Å². The van der Waals surface area contributed by atoms with Crippen LogP contribution in [-0.2, 0) is 11.2 Å². The van der Waals surface area contributed by atoms with Gasteiger partial charge in [0.25, 0.3) is 5.91 Å². The van der Waals surface area contributed by atoms with Crippen LogP contribution in [0.5, 0.6) is 0 Å². The fourth-order valence-corrected chi connectivity index (χ4v) is 3.79. The van der Waals surface area contributed by atoms with Crippen molar-refractivity contribution in [3.63, 3.8) is 0 Å². The summed E-state index contributed by atoms with van der Waals surface area (Å²) in [6.45, 7) is 4.21. The zero-order valence-corrected chi connectivity index (χ0v) is 15.3. The summed E-state index contributed by atoms with van der Waals surface area (Å²) in [7, 11) is 0. The molecule has 0 unspecified atom stereocenters. The predicted molar refractivity (Wildman–Crippen MR) is 99.2 cm³/mol. The smallest absolute Gasteiger partial charge is 0.278 e. The highest BCUT2D eigenvalue weighted by atomic mass is 32.1. The van der Waals surface area contributed by atoms with Crippen LogP contribution in [0.1, 0.15) is 55.2 Å². The molecule has 1 saturated carbocycles. The van der Waals surface area contributed by atoms with Gasteiger partial charge in [-0.3, -0.25) is 4.79 Å². The number of carbonyl (C=O) groups is 1. The molecular formula is C20H27N2OS+. The summed E-state index contributed by atoms with van der Waals surface area (Å²) in [4.78, 5) is 13.6. The van der Waals surface area contributed by atoms with E-state index in [0.29, 0.717) is 6.04 Å². The number of hydrogen-bond donors (Lipinski definition) is 2. The van der Waals surface area contributed by atoms with Crippen molar-refractivity contribution in [1.82, 2.24) is 5.32 Å². The minimum absolute atomic E-state index is 0.0898. The number of aryl methyl sites for hydroxylation is 1. The van der Waals surface area contributed by atoms with Gasteiger partial charge in [-0.15, -0.1) is 11.3 Å². The van der Waals surface area contributed by atoms with Gasteiger partial charge in [0, 0.05) is 11.6 Å². The third-order valence-corrected chi connectivity index (χ3v) is 5.50. The minimum atomic E-state index is -0.0898. The van der Waals surface area contributed by atoms with Crippen molar-refractivity contribution in [2.45, 2.75) is 57.7 Å². The van der Waals surface area contributed by atoms with Crippen LogP contribution in [0.25, 0.3) is 0 Å². The largest absolute Gasteiger partial charge is 0.348 e. The topological polar surface area (TPSA) is 45.7 Å².